The summed E-state index contributed by atoms with van der Waals surface area (Å²) in [5.74, 6) is 0.640. The van der Waals surface area contributed by atoms with Crippen molar-refractivity contribution in [3.8, 4) is 0 Å². The van der Waals surface area contributed by atoms with Gasteiger partial charge in [-0.1, -0.05) is 11.6 Å². The molecule has 0 spiro atoms. The van der Waals surface area contributed by atoms with Gasteiger partial charge >= 0.3 is 0 Å². The van der Waals surface area contributed by atoms with Gasteiger partial charge in [0.05, 0.1) is 0 Å². The molecule has 4 heterocycles. The van der Waals surface area contributed by atoms with E-state index in [0.717, 1.165) is 70.6 Å². The van der Waals surface area contributed by atoms with E-state index >= 15 is 0 Å². The molecule has 5 rings (SSSR count). The number of allylic oxidation sites excluding steroid dienone is 1. The summed E-state index contributed by atoms with van der Waals surface area (Å²) in [7, 11) is 0. The van der Waals surface area contributed by atoms with Gasteiger partial charge < -0.3 is 14.6 Å². The predicted octanol–water partition coefficient (Wildman–Crippen LogP) is 2.68. The average molecular weight is 412 g/mol. The molecule has 1 aliphatic carbocycles. The minimum atomic E-state index is -0.235. The minimum Gasteiger partial charge on any atom is -0.381 e. The first-order valence-corrected chi connectivity index (χ1v) is 11.7. The summed E-state index contributed by atoms with van der Waals surface area (Å²) < 4.78 is 7.43. The smallest absolute Gasteiger partial charge is 0.263 e. The molecule has 1 aromatic heterocycles. The van der Waals surface area contributed by atoms with Gasteiger partial charge in [-0.05, 0) is 63.0 Å². The molecule has 1 aromatic rings. The summed E-state index contributed by atoms with van der Waals surface area (Å²) in [6, 6.07) is 4.40. The third-order valence-electron chi connectivity index (χ3n) is 7.45. The highest BCUT2D eigenvalue weighted by atomic mass is 16.5. The van der Waals surface area contributed by atoms with Crippen LogP contribution in [0.2, 0.25) is 0 Å². The SMILES string of the molecule is O=C(NCC1=CCCCC1)c1ccc2n(c1=O)C[C@H]1C[C@@H]2CN(C2CCOCC2)C1. The molecule has 1 N–H and O–H groups in total. The maximum Gasteiger partial charge on any atom is 0.263 e. The lowest BCUT2D eigenvalue weighted by molar-refractivity contribution is 0.00585. The lowest BCUT2D eigenvalue weighted by Crippen LogP contribution is -2.52. The zero-order valence-electron chi connectivity index (χ0n) is 17.8. The first kappa shape index (κ1) is 20.0. The molecule has 2 fully saturated rings. The van der Waals surface area contributed by atoms with Gasteiger partial charge in [0.2, 0.25) is 0 Å². The molecule has 2 bridgehead atoms. The molecule has 0 unspecified atom stereocenters. The number of aromatic nitrogens is 1. The number of piperidine rings is 1. The van der Waals surface area contributed by atoms with Gasteiger partial charge in [-0.2, -0.15) is 0 Å². The first-order chi connectivity index (χ1) is 14.7. The van der Waals surface area contributed by atoms with Crippen molar-refractivity contribution in [2.45, 2.75) is 63.5 Å². The van der Waals surface area contributed by atoms with Crippen LogP contribution in [0.5, 0.6) is 0 Å². The Morgan fingerprint density at radius 1 is 1.13 bits per heavy atom. The van der Waals surface area contributed by atoms with Crippen molar-refractivity contribution in [3.63, 3.8) is 0 Å². The minimum absolute atomic E-state index is 0.114. The van der Waals surface area contributed by atoms with E-state index in [-0.39, 0.29) is 17.0 Å². The Morgan fingerprint density at radius 2 is 2.00 bits per heavy atom. The van der Waals surface area contributed by atoms with Crippen LogP contribution >= 0.6 is 0 Å². The third-order valence-corrected chi connectivity index (χ3v) is 7.45. The number of hydrogen-bond donors (Lipinski definition) is 1. The monoisotopic (exact) mass is 411 g/mol. The van der Waals surface area contributed by atoms with Gasteiger partial charge in [-0.25, -0.2) is 0 Å². The summed E-state index contributed by atoms with van der Waals surface area (Å²) >= 11 is 0. The van der Waals surface area contributed by atoms with E-state index in [4.69, 9.17) is 4.74 Å². The van der Waals surface area contributed by atoms with Crippen molar-refractivity contribution in [1.29, 1.82) is 0 Å². The number of nitrogens with zero attached hydrogens (tertiary/aromatic N) is 2. The number of hydrogen-bond acceptors (Lipinski definition) is 4. The van der Waals surface area contributed by atoms with Crippen molar-refractivity contribution in [1.82, 2.24) is 14.8 Å². The molecule has 6 heteroatoms. The Morgan fingerprint density at radius 3 is 2.80 bits per heavy atom. The number of carbonyl (C=O) groups excluding carboxylic acids is 1. The van der Waals surface area contributed by atoms with Gasteiger partial charge in [0, 0.05) is 57.0 Å². The van der Waals surface area contributed by atoms with Crippen molar-refractivity contribution in [3.05, 3.63) is 45.4 Å². The second kappa shape index (κ2) is 8.67. The van der Waals surface area contributed by atoms with Crippen LogP contribution in [0.3, 0.4) is 0 Å². The molecule has 0 aromatic carbocycles. The van der Waals surface area contributed by atoms with E-state index in [2.05, 4.69) is 16.3 Å². The second-order valence-electron chi connectivity index (χ2n) is 9.47. The van der Waals surface area contributed by atoms with E-state index < -0.39 is 0 Å². The Kier molecular flexibility index (Phi) is 5.79. The van der Waals surface area contributed by atoms with Crippen LogP contribution < -0.4 is 10.9 Å². The molecule has 1 amide bonds. The van der Waals surface area contributed by atoms with Crippen LogP contribution in [-0.2, 0) is 11.3 Å². The quantitative estimate of drug-likeness (QED) is 0.774. The first-order valence-electron chi connectivity index (χ1n) is 11.7. The summed E-state index contributed by atoms with van der Waals surface area (Å²) in [6.45, 7) is 5.09. The van der Waals surface area contributed by atoms with Gasteiger partial charge in [0.25, 0.3) is 11.5 Å². The van der Waals surface area contributed by atoms with E-state index in [9.17, 15) is 9.59 Å². The van der Waals surface area contributed by atoms with E-state index in [1.807, 2.05) is 10.6 Å². The number of likely N-dealkylation sites (tertiary alicyclic amines) is 1. The number of ether oxygens (including phenoxy) is 1. The maximum absolute atomic E-state index is 13.2. The molecule has 2 atom stereocenters. The molecule has 0 saturated carbocycles. The molecule has 2 saturated heterocycles. The number of nitrogens with one attached hydrogen (secondary N) is 1. The molecule has 30 heavy (non-hydrogen) atoms. The highest BCUT2D eigenvalue weighted by Crippen LogP contribution is 2.37. The third kappa shape index (κ3) is 4.00. The number of amides is 1. The topological polar surface area (TPSA) is 63.6 Å². The standard InChI is InChI=1S/C24H33N3O3/c28-23(25-13-17-4-2-1-3-5-17)21-6-7-22-19-12-18(15-27(22)24(21)29)14-26(16-19)20-8-10-30-11-9-20/h4,6-7,18-20H,1-3,5,8-16H2,(H,25,28)/t18-,19+/m0/s1. The normalized spacial score (nSPS) is 27.3. The highest BCUT2D eigenvalue weighted by molar-refractivity contribution is 5.94. The van der Waals surface area contributed by atoms with Gasteiger partial charge in [0.1, 0.15) is 5.56 Å². The molecule has 3 aliphatic heterocycles. The average Bonchev–Trinajstić information content (AvgIpc) is 2.79. The Bertz CT molecular complexity index is 884. The van der Waals surface area contributed by atoms with E-state index in [1.54, 1.807) is 6.07 Å². The summed E-state index contributed by atoms with van der Waals surface area (Å²) in [4.78, 5) is 28.5. The highest BCUT2D eigenvalue weighted by Gasteiger charge is 2.37. The number of rotatable bonds is 4. The number of fused-ring (bicyclic) bond motifs is 4. The molecule has 162 valence electrons. The fraction of sp³-hybridized carbons (Fsp3) is 0.667. The van der Waals surface area contributed by atoms with Gasteiger partial charge in [-0.15, -0.1) is 0 Å². The lowest BCUT2D eigenvalue weighted by atomic mass is 9.82. The molecule has 0 radical (unpaired) electrons. The summed E-state index contributed by atoms with van der Waals surface area (Å²) in [6.07, 6.45) is 10.2. The Balaban J connectivity index is 1.31. The van der Waals surface area contributed by atoms with Crippen LogP contribution in [0.4, 0.5) is 0 Å². The van der Waals surface area contributed by atoms with Crippen molar-refractivity contribution in [2.24, 2.45) is 5.92 Å². The maximum atomic E-state index is 13.2. The van der Waals surface area contributed by atoms with Crippen LogP contribution in [0.1, 0.15) is 66.9 Å². The molecule has 4 aliphatic rings. The number of carbonyl (C=O) groups is 1. The predicted molar refractivity (Wildman–Crippen MR) is 116 cm³/mol. The van der Waals surface area contributed by atoms with Crippen LogP contribution in [0, 0.1) is 5.92 Å². The van der Waals surface area contributed by atoms with Gasteiger partial charge in [0.15, 0.2) is 0 Å². The van der Waals surface area contributed by atoms with Gasteiger partial charge in [-0.3, -0.25) is 14.5 Å². The van der Waals surface area contributed by atoms with Crippen LogP contribution in [0.15, 0.2) is 28.6 Å². The van der Waals surface area contributed by atoms with E-state index in [0.29, 0.717) is 24.4 Å². The van der Waals surface area contributed by atoms with E-state index in [1.165, 1.54) is 18.4 Å². The Hall–Kier alpha value is -1.92. The second-order valence-corrected chi connectivity index (χ2v) is 9.47. The largest absolute Gasteiger partial charge is 0.381 e. The fourth-order valence-corrected chi connectivity index (χ4v) is 5.86. The lowest BCUT2D eigenvalue weighted by Gasteiger charge is -2.46. The van der Waals surface area contributed by atoms with Crippen LogP contribution in [0.25, 0.3) is 0 Å². The molecule has 6 nitrogen and oxygen atoms in total. The summed E-state index contributed by atoms with van der Waals surface area (Å²) in [5, 5.41) is 2.98. The zero-order valence-corrected chi connectivity index (χ0v) is 17.8. The molecular weight excluding hydrogens is 378 g/mol. The van der Waals surface area contributed by atoms with Crippen LogP contribution in [-0.4, -0.2) is 54.3 Å². The summed E-state index contributed by atoms with van der Waals surface area (Å²) in [5.41, 5.74) is 2.57. The fourth-order valence-electron chi connectivity index (χ4n) is 5.86. The number of pyridine rings is 1. The Labute approximate surface area is 178 Å². The zero-order chi connectivity index (χ0) is 20.5. The van der Waals surface area contributed by atoms with Crippen molar-refractivity contribution in [2.75, 3.05) is 32.8 Å². The van der Waals surface area contributed by atoms with Crippen molar-refractivity contribution >= 4 is 5.91 Å². The van der Waals surface area contributed by atoms with Crippen molar-refractivity contribution < 1.29 is 9.53 Å². The molecular formula is C24H33N3O3.